The van der Waals surface area contributed by atoms with Gasteiger partial charge in [0, 0.05) is 43.0 Å². The molecule has 2 N–H and O–H groups in total. The fourth-order valence-corrected chi connectivity index (χ4v) is 5.46. The molecule has 2 aliphatic rings. The van der Waals surface area contributed by atoms with Crippen molar-refractivity contribution >= 4 is 11.8 Å². The smallest absolute Gasteiger partial charge is 0.251 e. The number of carbonyl (C=O) groups is 2. The summed E-state index contributed by atoms with van der Waals surface area (Å²) in [6.45, 7) is 4.19. The van der Waals surface area contributed by atoms with Crippen LogP contribution in [-0.2, 0) is 4.79 Å². The molecule has 5 rings (SSSR count). The quantitative estimate of drug-likeness (QED) is 0.391. The molecule has 0 unspecified atom stereocenters. The average molecular weight is 525 g/mol. The van der Waals surface area contributed by atoms with Gasteiger partial charge < -0.3 is 15.5 Å². The van der Waals surface area contributed by atoms with Gasteiger partial charge in [0.25, 0.3) is 5.91 Å². The molecule has 0 spiro atoms. The van der Waals surface area contributed by atoms with Crippen LogP contribution in [0.3, 0.4) is 0 Å². The van der Waals surface area contributed by atoms with Crippen molar-refractivity contribution in [3.05, 3.63) is 89.2 Å². The Hall–Kier alpha value is -3.96. The van der Waals surface area contributed by atoms with Gasteiger partial charge in [-0.15, -0.1) is 0 Å². The van der Waals surface area contributed by atoms with Crippen LogP contribution in [0.2, 0.25) is 0 Å². The fraction of sp³-hybridized carbons (Fsp3) is 0.419. The minimum atomic E-state index is -0.594. The summed E-state index contributed by atoms with van der Waals surface area (Å²) in [5.41, 5.74) is 3.59. The van der Waals surface area contributed by atoms with Gasteiger partial charge in [0.05, 0.1) is 17.7 Å². The van der Waals surface area contributed by atoms with Crippen molar-refractivity contribution in [1.82, 2.24) is 25.3 Å². The van der Waals surface area contributed by atoms with Crippen LogP contribution in [0.15, 0.2) is 67.0 Å². The number of nitrogens with one attached hydrogen (secondary N) is 2. The maximum Gasteiger partial charge on any atom is 0.251 e. The Morgan fingerprint density at radius 1 is 1.10 bits per heavy atom. The molecule has 1 saturated carbocycles. The van der Waals surface area contributed by atoms with Gasteiger partial charge in [-0.05, 0) is 81.5 Å². The van der Waals surface area contributed by atoms with Gasteiger partial charge >= 0.3 is 0 Å². The first-order chi connectivity index (χ1) is 19.0. The number of rotatable bonds is 10. The largest absolute Gasteiger partial charge is 0.341 e. The third-order valence-electron chi connectivity index (χ3n) is 7.93. The molecule has 2 amide bonds. The highest BCUT2D eigenvalue weighted by Gasteiger charge is 2.37. The molecule has 2 aromatic carbocycles. The normalized spacial score (nSPS) is 19.7. The van der Waals surface area contributed by atoms with E-state index in [1.54, 1.807) is 30.5 Å². The highest BCUT2D eigenvalue weighted by molar-refractivity contribution is 5.97. The summed E-state index contributed by atoms with van der Waals surface area (Å²) in [5.74, 6) is 0.230. The molecule has 0 bridgehead atoms. The van der Waals surface area contributed by atoms with Crippen molar-refractivity contribution < 1.29 is 9.59 Å². The maximum absolute atomic E-state index is 13.6. The Morgan fingerprint density at radius 2 is 1.85 bits per heavy atom. The zero-order chi connectivity index (χ0) is 27.2. The van der Waals surface area contributed by atoms with Gasteiger partial charge in [-0.3, -0.25) is 14.3 Å². The summed E-state index contributed by atoms with van der Waals surface area (Å²) in [5, 5.41) is 20.0. The molecule has 2 fully saturated rings. The molecule has 39 heavy (non-hydrogen) atoms. The number of carbonyl (C=O) groups excluding carboxylic acids is 2. The molecule has 1 aromatic heterocycles. The zero-order valence-electron chi connectivity index (χ0n) is 22.4. The van der Waals surface area contributed by atoms with Crippen molar-refractivity contribution in [2.75, 3.05) is 19.6 Å². The van der Waals surface area contributed by atoms with Gasteiger partial charge in [0.1, 0.15) is 6.04 Å². The van der Waals surface area contributed by atoms with Crippen molar-refractivity contribution in [3.8, 4) is 6.07 Å². The molecule has 8 heteroatoms. The first-order valence-corrected chi connectivity index (χ1v) is 13.9. The molecule has 1 saturated heterocycles. The highest BCUT2D eigenvalue weighted by atomic mass is 16.2. The maximum atomic E-state index is 13.6. The van der Waals surface area contributed by atoms with Gasteiger partial charge in [0.15, 0.2) is 0 Å². The minimum absolute atomic E-state index is 0.0279. The standard InChI is InChI=1S/C31H36N6O2/c1-22-5-9-24(10-6-22)27-20-29(27)33-15-2-4-28(35-30(38)25-11-7-23(21-32)8-12-25)31(39)36-18-13-26(14-19-36)37-17-3-16-34-37/h3,5-12,16-17,26-29,33H,2,4,13-15,18-20H2,1H3,(H,35,38)/t27-,28-,29+/m0/s1. The van der Waals surface area contributed by atoms with Crippen LogP contribution in [0, 0.1) is 18.3 Å². The number of nitriles is 1. The van der Waals surface area contributed by atoms with E-state index in [-0.39, 0.29) is 11.8 Å². The second-order valence-corrected chi connectivity index (χ2v) is 10.7. The number of hydrogen-bond donors (Lipinski definition) is 2. The number of likely N-dealkylation sites (tertiary alicyclic amines) is 1. The second-order valence-electron chi connectivity index (χ2n) is 10.7. The Morgan fingerprint density at radius 3 is 2.51 bits per heavy atom. The summed E-state index contributed by atoms with van der Waals surface area (Å²) in [6.07, 6.45) is 7.91. The monoisotopic (exact) mass is 524 g/mol. The lowest BCUT2D eigenvalue weighted by atomic mass is 10.0. The van der Waals surface area contributed by atoms with Gasteiger partial charge in [-0.25, -0.2) is 0 Å². The number of benzene rings is 2. The first-order valence-electron chi connectivity index (χ1n) is 13.9. The van der Waals surface area contributed by atoms with Crippen LogP contribution in [0.4, 0.5) is 0 Å². The Balaban J connectivity index is 1.16. The molecule has 202 valence electrons. The van der Waals surface area contributed by atoms with Crippen LogP contribution in [0.25, 0.3) is 0 Å². The molecule has 8 nitrogen and oxygen atoms in total. The average Bonchev–Trinajstić information content (AvgIpc) is 3.53. The summed E-state index contributed by atoms with van der Waals surface area (Å²) >= 11 is 0. The number of nitrogens with zero attached hydrogens (tertiary/aromatic N) is 4. The van der Waals surface area contributed by atoms with Crippen LogP contribution in [-0.4, -0.2) is 58.2 Å². The predicted octanol–water partition coefficient (Wildman–Crippen LogP) is 3.95. The van der Waals surface area contributed by atoms with Crippen LogP contribution in [0.5, 0.6) is 0 Å². The van der Waals surface area contributed by atoms with Gasteiger partial charge in [-0.1, -0.05) is 29.8 Å². The molecule has 0 radical (unpaired) electrons. The van der Waals surface area contributed by atoms with Crippen molar-refractivity contribution in [2.24, 2.45) is 0 Å². The molecule has 3 aromatic rings. The van der Waals surface area contributed by atoms with Crippen LogP contribution >= 0.6 is 0 Å². The van der Waals surface area contributed by atoms with E-state index in [1.807, 2.05) is 21.8 Å². The van der Waals surface area contributed by atoms with E-state index in [0.717, 1.165) is 32.2 Å². The van der Waals surface area contributed by atoms with Crippen LogP contribution < -0.4 is 10.6 Å². The van der Waals surface area contributed by atoms with E-state index < -0.39 is 6.04 Å². The summed E-state index contributed by atoms with van der Waals surface area (Å²) < 4.78 is 1.97. The van der Waals surface area contributed by atoms with Gasteiger partial charge in [-0.2, -0.15) is 10.4 Å². The summed E-state index contributed by atoms with van der Waals surface area (Å²) in [7, 11) is 0. The molecule has 3 atom stereocenters. The topological polar surface area (TPSA) is 103 Å². The molecule has 1 aliphatic carbocycles. The van der Waals surface area contributed by atoms with E-state index in [0.29, 0.717) is 48.6 Å². The third kappa shape index (κ3) is 6.73. The van der Waals surface area contributed by atoms with E-state index in [1.165, 1.54) is 11.1 Å². The summed E-state index contributed by atoms with van der Waals surface area (Å²) in [6, 6.07) is 19.4. The van der Waals surface area contributed by atoms with E-state index in [9.17, 15) is 9.59 Å². The summed E-state index contributed by atoms with van der Waals surface area (Å²) in [4.78, 5) is 28.5. The van der Waals surface area contributed by atoms with Crippen molar-refractivity contribution in [1.29, 1.82) is 5.26 Å². The van der Waals surface area contributed by atoms with Gasteiger partial charge in [0.2, 0.25) is 5.91 Å². The SMILES string of the molecule is Cc1ccc([C@@H]2C[C@H]2NCCC[C@H](NC(=O)c2ccc(C#N)cc2)C(=O)N2CCC(n3cccn3)CC2)cc1. The predicted molar refractivity (Wildman–Crippen MR) is 149 cm³/mol. The third-order valence-corrected chi connectivity index (χ3v) is 7.93. The minimum Gasteiger partial charge on any atom is -0.341 e. The molecular formula is C31H36N6O2. The van der Waals surface area contributed by atoms with Crippen molar-refractivity contribution in [3.63, 3.8) is 0 Å². The number of amides is 2. The molecule has 2 heterocycles. The molecule has 1 aliphatic heterocycles. The van der Waals surface area contributed by atoms with E-state index in [4.69, 9.17) is 5.26 Å². The Kier molecular flexibility index (Phi) is 8.38. The van der Waals surface area contributed by atoms with E-state index >= 15 is 0 Å². The lowest BCUT2D eigenvalue weighted by Crippen LogP contribution is -2.51. The number of aromatic nitrogens is 2. The lowest BCUT2D eigenvalue weighted by molar-refractivity contribution is -0.134. The lowest BCUT2D eigenvalue weighted by Gasteiger charge is -2.34. The fourth-order valence-electron chi connectivity index (χ4n) is 5.46. The Labute approximate surface area is 230 Å². The number of aryl methyl sites for hydroxylation is 1. The Bertz CT molecular complexity index is 1290. The first kappa shape index (κ1) is 26.6. The second kappa shape index (κ2) is 12.3. The zero-order valence-corrected chi connectivity index (χ0v) is 22.4. The van der Waals surface area contributed by atoms with Crippen molar-refractivity contribution in [2.45, 2.75) is 63.1 Å². The van der Waals surface area contributed by atoms with E-state index in [2.05, 4.69) is 53.0 Å². The van der Waals surface area contributed by atoms with Crippen LogP contribution in [0.1, 0.15) is 71.1 Å². The molecular weight excluding hydrogens is 488 g/mol. The highest BCUT2D eigenvalue weighted by Crippen LogP contribution is 2.40. The number of piperidine rings is 1. The number of hydrogen-bond acceptors (Lipinski definition) is 5.